The normalized spacial score (nSPS) is 13.7. The van der Waals surface area contributed by atoms with Gasteiger partial charge < -0.3 is 15.4 Å². The Morgan fingerprint density at radius 2 is 1.91 bits per heavy atom. The largest absolute Gasteiger partial charge is 0.444 e. The molecule has 2 unspecified atom stereocenters. The van der Waals surface area contributed by atoms with Gasteiger partial charge in [-0.3, -0.25) is 0 Å². The quantitative estimate of drug-likeness (QED) is 0.842. The second-order valence-electron chi connectivity index (χ2n) is 6.61. The van der Waals surface area contributed by atoms with Crippen LogP contribution < -0.4 is 10.6 Å². The molecule has 5 heteroatoms. The highest BCUT2D eigenvalue weighted by atomic mass is 16.6. The Labute approximate surface area is 139 Å². The van der Waals surface area contributed by atoms with E-state index in [1.165, 1.54) is 0 Å². The van der Waals surface area contributed by atoms with Crippen molar-refractivity contribution in [3.63, 3.8) is 0 Å². The smallest absolute Gasteiger partial charge is 0.407 e. The zero-order valence-electron chi connectivity index (χ0n) is 14.6. The molecule has 0 heterocycles. The number of ether oxygens (including phenoxy) is 1. The van der Waals surface area contributed by atoms with Crippen LogP contribution >= 0.6 is 0 Å². The maximum absolute atomic E-state index is 11.7. The minimum absolute atomic E-state index is 0.133. The van der Waals surface area contributed by atoms with Gasteiger partial charge in [-0.25, -0.2) is 4.79 Å². The lowest BCUT2D eigenvalue weighted by Crippen LogP contribution is -2.43. The van der Waals surface area contributed by atoms with Gasteiger partial charge in [0.15, 0.2) is 0 Å². The first-order valence-corrected chi connectivity index (χ1v) is 7.98. The molecule has 0 saturated carbocycles. The van der Waals surface area contributed by atoms with Gasteiger partial charge in [-0.15, -0.1) is 0 Å². The highest BCUT2D eigenvalue weighted by molar-refractivity contribution is 5.67. The summed E-state index contributed by atoms with van der Waals surface area (Å²) in [4.78, 5) is 11.7. The first-order chi connectivity index (χ1) is 10.7. The molecule has 0 fully saturated rings. The lowest BCUT2D eigenvalue weighted by molar-refractivity contribution is 0.0521. The summed E-state index contributed by atoms with van der Waals surface area (Å²) in [6.07, 6.45) is 0.486. The minimum Gasteiger partial charge on any atom is -0.444 e. The van der Waals surface area contributed by atoms with Crippen LogP contribution in [0.1, 0.15) is 58.2 Å². The van der Waals surface area contributed by atoms with Crippen molar-refractivity contribution >= 4 is 6.09 Å². The van der Waals surface area contributed by atoms with Crippen molar-refractivity contribution in [3.8, 4) is 6.07 Å². The Bertz CT molecular complexity index is 541. The molecular weight excluding hydrogens is 290 g/mol. The van der Waals surface area contributed by atoms with Crippen LogP contribution in [-0.4, -0.2) is 24.3 Å². The number of nitrogens with zero attached hydrogens (tertiary/aromatic N) is 1. The molecule has 0 aliphatic rings. The van der Waals surface area contributed by atoms with E-state index in [4.69, 9.17) is 10.00 Å². The summed E-state index contributed by atoms with van der Waals surface area (Å²) in [7, 11) is 0. The molecule has 126 valence electrons. The number of carbonyl (C=O) groups is 1. The second kappa shape index (κ2) is 8.54. The fourth-order valence-electron chi connectivity index (χ4n) is 2.14. The van der Waals surface area contributed by atoms with Gasteiger partial charge in [-0.2, -0.15) is 5.26 Å². The van der Waals surface area contributed by atoms with Gasteiger partial charge in [-0.05, 0) is 51.8 Å². The minimum atomic E-state index is -0.491. The van der Waals surface area contributed by atoms with Crippen LogP contribution in [0.25, 0.3) is 0 Å². The first kappa shape index (κ1) is 19.0. The topological polar surface area (TPSA) is 74.2 Å². The Morgan fingerprint density at radius 3 is 2.39 bits per heavy atom. The molecule has 2 N–H and O–H groups in total. The van der Waals surface area contributed by atoms with Crippen LogP contribution in [0, 0.1) is 11.3 Å². The van der Waals surface area contributed by atoms with Crippen molar-refractivity contribution in [2.75, 3.05) is 6.54 Å². The average Bonchev–Trinajstić information content (AvgIpc) is 2.49. The van der Waals surface area contributed by atoms with E-state index in [1.807, 2.05) is 45.0 Å². The number of amides is 1. The van der Waals surface area contributed by atoms with Gasteiger partial charge in [0.2, 0.25) is 0 Å². The molecular formula is C18H27N3O2. The van der Waals surface area contributed by atoms with E-state index in [1.54, 1.807) is 0 Å². The highest BCUT2D eigenvalue weighted by Crippen LogP contribution is 2.14. The molecule has 0 spiro atoms. The first-order valence-electron chi connectivity index (χ1n) is 7.98. The predicted octanol–water partition coefficient (Wildman–Crippen LogP) is 3.51. The maximum Gasteiger partial charge on any atom is 0.407 e. The molecule has 0 radical (unpaired) electrons. The van der Waals surface area contributed by atoms with E-state index < -0.39 is 11.7 Å². The third kappa shape index (κ3) is 7.16. The van der Waals surface area contributed by atoms with Crippen molar-refractivity contribution < 1.29 is 9.53 Å². The van der Waals surface area contributed by atoms with Crippen LogP contribution in [0.2, 0.25) is 0 Å². The van der Waals surface area contributed by atoms with Crippen LogP contribution in [0.5, 0.6) is 0 Å². The van der Waals surface area contributed by atoms with Crippen molar-refractivity contribution in [1.82, 2.24) is 10.6 Å². The van der Waals surface area contributed by atoms with Gasteiger partial charge in [0.1, 0.15) is 5.60 Å². The average molecular weight is 317 g/mol. The summed E-state index contributed by atoms with van der Waals surface area (Å²) in [6, 6.07) is 9.92. The lowest BCUT2D eigenvalue weighted by atomic mass is 10.0. The number of benzene rings is 1. The van der Waals surface area contributed by atoms with E-state index >= 15 is 0 Å². The summed E-state index contributed by atoms with van der Waals surface area (Å²) >= 11 is 0. The molecule has 1 aromatic rings. The Balaban J connectivity index is 2.51. The molecule has 0 aromatic heterocycles. The van der Waals surface area contributed by atoms with Gasteiger partial charge in [0, 0.05) is 18.6 Å². The summed E-state index contributed by atoms with van der Waals surface area (Å²) < 4.78 is 5.24. The van der Waals surface area contributed by atoms with Gasteiger partial charge in [0.25, 0.3) is 0 Å². The molecule has 1 amide bonds. The zero-order valence-corrected chi connectivity index (χ0v) is 14.6. The molecule has 5 nitrogen and oxygen atoms in total. The molecule has 0 aliphatic carbocycles. The number of alkyl carbamates (subject to hydrolysis) is 1. The van der Waals surface area contributed by atoms with Gasteiger partial charge in [0.05, 0.1) is 11.6 Å². The van der Waals surface area contributed by atoms with Gasteiger partial charge >= 0.3 is 6.09 Å². The number of nitriles is 1. The Morgan fingerprint density at radius 1 is 1.30 bits per heavy atom. The molecule has 1 rings (SSSR count). The van der Waals surface area contributed by atoms with E-state index in [0.29, 0.717) is 12.1 Å². The molecule has 1 aromatic carbocycles. The number of nitrogens with one attached hydrogen (secondary N) is 2. The molecule has 0 bridgehead atoms. The molecule has 2 atom stereocenters. The Hall–Kier alpha value is -2.06. The second-order valence-corrected chi connectivity index (χ2v) is 6.61. The zero-order chi connectivity index (χ0) is 17.5. The monoisotopic (exact) mass is 317 g/mol. The number of rotatable bonds is 6. The van der Waals surface area contributed by atoms with E-state index in [9.17, 15) is 4.79 Å². The van der Waals surface area contributed by atoms with Crippen LogP contribution in [0.3, 0.4) is 0 Å². The summed E-state index contributed by atoms with van der Waals surface area (Å²) in [5.74, 6) is 0. The van der Waals surface area contributed by atoms with E-state index in [2.05, 4.69) is 30.6 Å². The maximum atomic E-state index is 11.7. The van der Waals surface area contributed by atoms with Crippen LogP contribution in [0.15, 0.2) is 24.3 Å². The number of hydrogen-bond donors (Lipinski definition) is 2. The fourth-order valence-corrected chi connectivity index (χ4v) is 2.14. The third-order valence-electron chi connectivity index (χ3n) is 3.41. The van der Waals surface area contributed by atoms with Crippen LogP contribution in [0.4, 0.5) is 4.79 Å². The number of hydrogen-bond acceptors (Lipinski definition) is 4. The summed E-state index contributed by atoms with van der Waals surface area (Å²) in [5.41, 5.74) is 1.27. The Kier molecular flexibility index (Phi) is 7.05. The summed E-state index contributed by atoms with van der Waals surface area (Å²) in [6.45, 7) is 10.2. The van der Waals surface area contributed by atoms with Crippen molar-refractivity contribution in [2.24, 2.45) is 0 Å². The molecule has 0 aliphatic heterocycles. The predicted molar refractivity (Wildman–Crippen MR) is 91.0 cm³/mol. The van der Waals surface area contributed by atoms with E-state index in [-0.39, 0.29) is 12.1 Å². The molecule has 23 heavy (non-hydrogen) atoms. The summed E-state index contributed by atoms with van der Waals surface area (Å²) in [5, 5.41) is 15.1. The van der Waals surface area contributed by atoms with Crippen molar-refractivity contribution in [1.29, 1.82) is 5.26 Å². The third-order valence-corrected chi connectivity index (χ3v) is 3.41. The standard InChI is InChI=1S/C18H27N3O2/c1-6-16(12-20-17(22)23-18(3,4)5)21-13(2)15-9-7-14(11-19)8-10-15/h7-10,13,16,21H,6,12H2,1-5H3,(H,20,22). The van der Waals surface area contributed by atoms with Gasteiger partial charge in [-0.1, -0.05) is 19.1 Å². The molecule has 0 saturated heterocycles. The van der Waals surface area contributed by atoms with Crippen molar-refractivity contribution in [3.05, 3.63) is 35.4 Å². The fraction of sp³-hybridized carbons (Fsp3) is 0.556. The number of carbonyl (C=O) groups excluding carboxylic acids is 1. The van der Waals surface area contributed by atoms with Crippen LogP contribution in [-0.2, 0) is 4.74 Å². The van der Waals surface area contributed by atoms with Crippen molar-refractivity contribution in [2.45, 2.75) is 58.7 Å². The lowest BCUT2D eigenvalue weighted by Gasteiger charge is -2.24. The highest BCUT2D eigenvalue weighted by Gasteiger charge is 2.18. The van der Waals surface area contributed by atoms with E-state index in [0.717, 1.165) is 12.0 Å². The SMILES string of the molecule is CCC(CNC(=O)OC(C)(C)C)NC(C)c1ccc(C#N)cc1.